The number of hydrogen-bond acceptors (Lipinski definition) is 3. The van der Waals surface area contributed by atoms with Crippen LogP contribution in [0.2, 0.25) is 0 Å². The van der Waals surface area contributed by atoms with Gasteiger partial charge in [0.1, 0.15) is 6.04 Å². The second kappa shape index (κ2) is 10.2. The van der Waals surface area contributed by atoms with Crippen LogP contribution in [-0.2, 0) is 9.59 Å². The van der Waals surface area contributed by atoms with Crippen LogP contribution in [0.5, 0.6) is 0 Å². The highest BCUT2D eigenvalue weighted by molar-refractivity contribution is 5.83. The van der Waals surface area contributed by atoms with Crippen molar-refractivity contribution < 1.29 is 19.5 Å². The predicted molar refractivity (Wildman–Crippen MR) is 70.5 cm³/mol. The summed E-state index contributed by atoms with van der Waals surface area (Å²) in [6.07, 6.45) is 3.55. The number of unbranched alkanes of at least 4 members (excludes halogenated alkanes) is 2. The van der Waals surface area contributed by atoms with Crippen molar-refractivity contribution in [3.8, 4) is 0 Å². The molecule has 7 heteroatoms. The van der Waals surface area contributed by atoms with Gasteiger partial charge in [-0.05, 0) is 19.3 Å². The molecule has 0 spiro atoms. The van der Waals surface area contributed by atoms with Gasteiger partial charge in [-0.25, -0.2) is 9.59 Å². The summed E-state index contributed by atoms with van der Waals surface area (Å²) < 4.78 is 0. The second-order valence-corrected chi connectivity index (χ2v) is 4.35. The van der Waals surface area contributed by atoms with Crippen molar-refractivity contribution in [2.24, 2.45) is 5.73 Å². The van der Waals surface area contributed by atoms with Gasteiger partial charge < -0.3 is 21.5 Å². The Morgan fingerprint density at radius 2 is 1.89 bits per heavy atom. The van der Waals surface area contributed by atoms with Gasteiger partial charge in [0, 0.05) is 13.0 Å². The van der Waals surface area contributed by atoms with Gasteiger partial charge in [-0.2, -0.15) is 0 Å². The van der Waals surface area contributed by atoms with Crippen LogP contribution in [0.4, 0.5) is 4.79 Å². The van der Waals surface area contributed by atoms with E-state index in [0.717, 1.165) is 12.8 Å². The molecule has 0 aliphatic carbocycles. The van der Waals surface area contributed by atoms with E-state index in [9.17, 15) is 14.4 Å². The summed E-state index contributed by atoms with van der Waals surface area (Å²) in [5, 5.41) is 13.9. The molecule has 1 atom stereocenters. The van der Waals surface area contributed by atoms with Gasteiger partial charge in [0.05, 0.1) is 0 Å². The average Bonchev–Trinajstić information content (AvgIpc) is 2.33. The third-order valence-electron chi connectivity index (χ3n) is 2.61. The van der Waals surface area contributed by atoms with Gasteiger partial charge in [0.25, 0.3) is 0 Å². The molecule has 0 radical (unpaired) electrons. The molecule has 0 aliphatic rings. The highest BCUT2D eigenvalue weighted by Gasteiger charge is 2.18. The van der Waals surface area contributed by atoms with Crippen LogP contribution in [0.25, 0.3) is 0 Å². The van der Waals surface area contributed by atoms with Crippen LogP contribution in [0.15, 0.2) is 0 Å². The van der Waals surface area contributed by atoms with Crippen LogP contribution >= 0.6 is 0 Å². The summed E-state index contributed by atoms with van der Waals surface area (Å²) in [7, 11) is 0. The van der Waals surface area contributed by atoms with Gasteiger partial charge in [-0.1, -0.05) is 19.8 Å². The first-order valence-electron chi connectivity index (χ1n) is 6.52. The Labute approximate surface area is 112 Å². The number of carbonyl (C=O) groups excluding carboxylic acids is 2. The lowest BCUT2D eigenvalue weighted by molar-refractivity contribution is -0.142. The first-order chi connectivity index (χ1) is 8.97. The maximum atomic E-state index is 11.5. The van der Waals surface area contributed by atoms with Gasteiger partial charge in [-0.3, -0.25) is 4.79 Å². The Balaban J connectivity index is 3.80. The monoisotopic (exact) mass is 273 g/mol. The van der Waals surface area contributed by atoms with Crippen molar-refractivity contribution in [3.63, 3.8) is 0 Å². The lowest BCUT2D eigenvalue weighted by Gasteiger charge is -2.13. The van der Waals surface area contributed by atoms with Crippen LogP contribution in [0, 0.1) is 0 Å². The minimum atomic E-state index is -1.00. The summed E-state index contributed by atoms with van der Waals surface area (Å²) in [5.74, 6) is -1.28. The first-order valence-corrected chi connectivity index (χ1v) is 6.52. The lowest BCUT2D eigenvalue weighted by Crippen LogP contribution is -2.40. The van der Waals surface area contributed by atoms with E-state index < -0.39 is 18.0 Å². The number of nitrogens with two attached hydrogens (primary N) is 1. The Morgan fingerprint density at radius 1 is 1.21 bits per heavy atom. The van der Waals surface area contributed by atoms with Crippen molar-refractivity contribution in [3.05, 3.63) is 0 Å². The van der Waals surface area contributed by atoms with Crippen LogP contribution in [-0.4, -0.2) is 35.6 Å². The summed E-state index contributed by atoms with van der Waals surface area (Å²) in [5.41, 5.74) is 4.89. The number of carbonyl (C=O) groups is 3. The smallest absolute Gasteiger partial charge is 0.326 e. The van der Waals surface area contributed by atoms with Crippen molar-refractivity contribution in [2.45, 2.75) is 51.5 Å². The highest BCUT2D eigenvalue weighted by Crippen LogP contribution is 2.02. The molecule has 0 aromatic rings. The number of urea groups is 1. The van der Waals surface area contributed by atoms with E-state index in [-0.39, 0.29) is 12.3 Å². The average molecular weight is 273 g/mol. The third kappa shape index (κ3) is 9.87. The predicted octanol–water partition coefficient (Wildman–Crippen LogP) is 0.585. The standard InChI is InChI=1S/C12H23N3O4/c1-2-3-6-9(11(17)18)15-10(16)7-4-5-8-14-12(13)19/h9H,2-8H2,1H3,(H,15,16)(H,17,18)(H3,13,14,19). The number of carboxylic acids is 1. The molecule has 3 amide bonds. The number of amides is 3. The minimum absolute atomic E-state index is 0.246. The largest absolute Gasteiger partial charge is 0.480 e. The highest BCUT2D eigenvalue weighted by atomic mass is 16.4. The number of hydrogen-bond donors (Lipinski definition) is 4. The Hall–Kier alpha value is -1.79. The molecule has 5 N–H and O–H groups in total. The van der Waals surface area contributed by atoms with Gasteiger partial charge in [-0.15, -0.1) is 0 Å². The zero-order valence-electron chi connectivity index (χ0n) is 11.3. The van der Waals surface area contributed by atoms with Crippen LogP contribution in [0.1, 0.15) is 45.4 Å². The fourth-order valence-corrected chi connectivity index (χ4v) is 1.55. The fourth-order valence-electron chi connectivity index (χ4n) is 1.55. The molecule has 0 aliphatic heterocycles. The minimum Gasteiger partial charge on any atom is -0.480 e. The zero-order valence-corrected chi connectivity index (χ0v) is 11.3. The first kappa shape index (κ1) is 17.2. The van der Waals surface area contributed by atoms with Crippen LogP contribution in [0.3, 0.4) is 0 Å². The van der Waals surface area contributed by atoms with Crippen molar-refractivity contribution in [1.82, 2.24) is 10.6 Å². The fraction of sp³-hybridized carbons (Fsp3) is 0.750. The molecule has 0 fully saturated rings. The third-order valence-corrected chi connectivity index (χ3v) is 2.61. The van der Waals surface area contributed by atoms with Gasteiger partial charge >= 0.3 is 12.0 Å². The second-order valence-electron chi connectivity index (χ2n) is 4.35. The Bertz CT molecular complexity index is 307. The number of primary amides is 1. The van der Waals surface area contributed by atoms with E-state index in [2.05, 4.69) is 10.6 Å². The number of carboxylic acid groups (broad SMARTS) is 1. The summed E-state index contributed by atoms with van der Waals surface area (Å²) in [6, 6.07) is -1.40. The molecule has 0 bridgehead atoms. The van der Waals surface area contributed by atoms with Gasteiger partial charge in [0.2, 0.25) is 5.91 Å². The lowest BCUT2D eigenvalue weighted by atomic mass is 10.1. The van der Waals surface area contributed by atoms with E-state index in [1.54, 1.807) is 0 Å². The quantitative estimate of drug-likeness (QED) is 0.435. The van der Waals surface area contributed by atoms with Gasteiger partial charge in [0.15, 0.2) is 0 Å². The van der Waals surface area contributed by atoms with Crippen molar-refractivity contribution in [2.75, 3.05) is 6.54 Å². The summed E-state index contributed by atoms with van der Waals surface area (Å²) in [6.45, 7) is 2.38. The molecule has 0 saturated heterocycles. The summed E-state index contributed by atoms with van der Waals surface area (Å²) in [4.78, 5) is 32.8. The van der Waals surface area contributed by atoms with E-state index in [0.29, 0.717) is 25.8 Å². The normalized spacial score (nSPS) is 11.6. The molecule has 0 aromatic carbocycles. The molecule has 7 nitrogen and oxygen atoms in total. The maximum absolute atomic E-state index is 11.5. The number of nitrogens with one attached hydrogen (secondary N) is 2. The van der Waals surface area contributed by atoms with E-state index in [1.807, 2.05) is 6.92 Å². The molecule has 1 unspecified atom stereocenters. The molecule has 0 aromatic heterocycles. The topological polar surface area (TPSA) is 122 Å². The molecule has 110 valence electrons. The van der Waals surface area contributed by atoms with Crippen molar-refractivity contribution >= 4 is 17.9 Å². The maximum Gasteiger partial charge on any atom is 0.326 e. The molecular formula is C12H23N3O4. The van der Waals surface area contributed by atoms with Crippen LogP contribution < -0.4 is 16.4 Å². The molecule has 0 saturated carbocycles. The molecule has 0 rings (SSSR count). The molecule has 0 heterocycles. The van der Waals surface area contributed by atoms with E-state index in [4.69, 9.17) is 10.8 Å². The Kier molecular flexibility index (Phi) is 9.20. The molecule has 19 heavy (non-hydrogen) atoms. The SMILES string of the molecule is CCCCC(NC(=O)CCCCNC(N)=O)C(=O)O. The zero-order chi connectivity index (χ0) is 14.7. The van der Waals surface area contributed by atoms with E-state index >= 15 is 0 Å². The van der Waals surface area contributed by atoms with E-state index in [1.165, 1.54) is 0 Å². The summed E-state index contributed by atoms with van der Waals surface area (Å²) >= 11 is 0. The van der Waals surface area contributed by atoms with Crippen molar-refractivity contribution in [1.29, 1.82) is 0 Å². The number of aliphatic carboxylic acids is 1. The molecular weight excluding hydrogens is 250 g/mol. The Morgan fingerprint density at radius 3 is 2.42 bits per heavy atom. The number of rotatable bonds is 10.